The third-order valence-corrected chi connectivity index (χ3v) is 29.9. The van der Waals surface area contributed by atoms with Gasteiger partial charge in [0.05, 0.1) is 86.4 Å². The van der Waals surface area contributed by atoms with Crippen molar-refractivity contribution in [3.05, 3.63) is 187 Å². The number of ether oxygens (including phenoxy) is 2. The van der Waals surface area contributed by atoms with Crippen LogP contribution < -0.4 is 26.2 Å². The van der Waals surface area contributed by atoms with Gasteiger partial charge in [0, 0.05) is 170 Å². The summed E-state index contributed by atoms with van der Waals surface area (Å²) >= 11 is 15.4. The van der Waals surface area contributed by atoms with Crippen LogP contribution >= 0.6 is 58.3 Å². The quantitative estimate of drug-likeness (QED) is 0.0165. The second-order valence-corrected chi connectivity index (χ2v) is 42.6. The summed E-state index contributed by atoms with van der Waals surface area (Å²) in [5.74, 6) is -2.44. The van der Waals surface area contributed by atoms with Gasteiger partial charge in [-0.3, -0.25) is 47.9 Å². The second-order valence-electron chi connectivity index (χ2n) is 40.0. The Morgan fingerprint density at radius 3 is 1.23 bits per heavy atom. The number of piperazine rings is 2. The molecular formula is C105H138Cl3N15O17S2. The number of ketones is 3. The van der Waals surface area contributed by atoms with Crippen molar-refractivity contribution >= 4 is 129 Å². The number of Topliss-reactive ketones (excluding diaryl/α,β-unsaturated/α-hetero) is 3. The number of unbranched alkanes of at least 4 members (excludes halogenated alkanes) is 2. The molecule has 0 radical (unpaired) electrons. The molecule has 6 aliphatic rings. The molecule has 4 saturated heterocycles. The minimum absolute atomic E-state index is 0. The number of β-amino-alcohol motifs (C(OH)–C–C–N with tert-alkyl or cyclic N) is 2. The number of halogens is 3. The zero-order chi connectivity index (χ0) is 102. The van der Waals surface area contributed by atoms with Crippen LogP contribution in [0.15, 0.2) is 121 Å². The fourth-order valence-electron chi connectivity index (χ4n) is 19.6. The van der Waals surface area contributed by atoms with Gasteiger partial charge in [-0.15, -0.1) is 35.1 Å². The van der Waals surface area contributed by atoms with Crippen LogP contribution in [0.1, 0.15) is 250 Å². The predicted molar refractivity (Wildman–Crippen MR) is 548 cm³/mol. The number of carbonyl (C=O) groups excluding carboxylic acids is 9. The molecule has 32 nitrogen and oxygen atoms in total. The van der Waals surface area contributed by atoms with Gasteiger partial charge in [0.15, 0.2) is 11.6 Å². The van der Waals surface area contributed by atoms with Crippen molar-refractivity contribution in [1.82, 2.24) is 60.1 Å². The molecule has 142 heavy (non-hydrogen) atoms. The lowest BCUT2D eigenvalue weighted by Gasteiger charge is -2.38. The summed E-state index contributed by atoms with van der Waals surface area (Å²) in [4.78, 5) is 171. The van der Waals surface area contributed by atoms with Gasteiger partial charge in [-0.05, 0) is 139 Å². The monoisotopic (exact) mass is 2050 g/mol. The van der Waals surface area contributed by atoms with Crippen LogP contribution in [-0.4, -0.2) is 257 Å². The lowest BCUT2D eigenvalue weighted by molar-refractivity contribution is -0.146. The molecule has 14 rings (SSSR count). The van der Waals surface area contributed by atoms with E-state index in [4.69, 9.17) is 43.5 Å². The fourth-order valence-corrected chi connectivity index (χ4v) is 21.4. The van der Waals surface area contributed by atoms with Crippen LogP contribution in [0.2, 0.25) is 10.0 Å². The molecule has 4 aromatic heterocycles. The van der Waals surface area contributed by atoms with Gasteiger partial charge in [0.2, 0.25) is 35.4 Å². The highest BCUT2D eigenvalue weighted by Gasteiger charge is 2.48. The van der Waals surface area contributed by atoms with Gasteiger partial charge in [-0.1, -0.05) is 164 Å². The van der Waals surface area contributed by atoms with E-state index < -0.39 is 65.1 Å². The number of carbonyl (C=O) groups is 10. The molecule has 9 N–H and O–H groups in total. The number of rotatable bonds is 40. The molecule has 4 fully saturated rings. The van der Waals surface area contributed by atoms with Gasteiger partial charge in [-0.25, -0.2) is 29.9 Å². The van der Waals surface area contributed by atoms with Crippen LogP contribution in [0.5, 0.6) is 0 Å². The predicted octanol–water partition coefficient (Wildman–Crippen LogP) is 13.8. The summed E-state index contributed by atoms with van der Waals surface area (Å²) < 4.78 is 10.9. The van der Waals surface area contributed by atoms with Crippen LogP contribution in [0, 0.1) is 36.5 Å². The highest BCUT2D eigenvalue weighted by Crippen LogP contribution is 2.46. The number of benzene rings is 4. The Morgan fingerprint density at radius 1 is 0.479 bits per heavy atom. The van der Waals surface area contributed by atoms with E-state index in [9.17, 15) is 68.4 Å². The van der Waals surface area contributed by atoms with Crippen LogP contribution in [-0.2, 0) is 70.5 Å². The number of aliphatic hydroxyl groups excluding tert-OH is 4. The van der Waals surface area contributed by atoms with Crippen molar-refractivity contribution in [3.63, 3.8) is 0 Å². The number of hydrogen-bond donors (Lipinski definition) is 8. The van der Waals surface area contributed by atoms with Gasteiger partial charge in [0.1, 0.15) is 55.4 Å². The first-order chi connectivity index (χ1) is 67.3. The van der Waals surface area contributed by atoms with E-state index in [1.165, 1.54) is 22.5 Å². The highest BCUT2D eigenvalue weighted by atomic mass is 35.5. The number of aromatic nitrogens is 6. The number of likely N-dealkylation sites (tertiary alicyclic amines) is 2. The number of nitrogens with two attached hydrogens (primary N) is 1. The standard InChI is InChI=1S/C53H68ClN7O8S.C27H38N4O5S.C25H31ClN4O4.ClH/c1-33-25-45(65)47-46(33)49(57-31-56-47)59-20-22-60(23-21-59)51(67)42(36-16-18-38(54)19-17-36)11-7-6-9-39(62)10-8-24-69-30-41(64)26-43(53(3,4)5)52(68)61-29-40(63)27-44(61)50(66)55-28-35-12-14-37(15-13-35)48-34(2)58-32-70-48;1-17-24(37-16-30-17)19-7-5-18(6-8-19)13-29-25(34)23-12-20(32)14-31(23)26(35)22(27(2,3)4)11-21(33)15-36-10-9-28;1-16-14-20(31)23-22(16)24(28-15-27-23)29-10-12-30(13-11-29)25(34)19(4-2-3-5-21(32)33)17-6-8-18(26)9-7-17;/h12-19,31-33,40,42-45,63,65H,6-11,20-30H2,1-5H3,(H,55,66);5-8,16,20,22-23,32H,9-15,28H2,1-4H3,(H,29,34);6-9,15-16,19-20,31H,2-5,10-14H2,1H3,(H,32,33);1H/t33-,40-,42-,43-,44+,45-;20-,22-,23+;16-,19-,20-;/m111./s1. The number of nitrogens with zero attached hydrogens (tertiary/aromatic N) is 12. The maximum absolute atomic E-state index is 14.1. The third-order valence-electron chi connectivity index (χ3n) is 27.5. The van der Waals surface area contributed by atoms with Crippen molar-refractivity contribution in [2.75, 3.05) is 108 Å². The molecule has 6 amide bonds. The van der Waals surface area contributed by atoms with Crippen molar-refractivity contribution in [2.45, 2.75) is 245 Å². The van der Waals surface area contributed by atoms with E-state index in [1.54, 1.807) is 46.9 Å². The molecule has 0 saturated carbocycles. The summed E-state index contributed by atoms with van der Waals surface area (Å²) in [6.45, 7) is 25.3. The number of carboxylic acid groups (broad SMARTS) is 1. The Labute approximate surface area is 855 Å². The molecule has 0 bridgehead atoms. The first-order valence-corrected chi connectivity index (χ1v) is 51.6. The number of anilines is 2. The number of carboxylic acids is 1. The average Bonchev–Trinajstić information content (AvgIpc) is 1.62. The summed E-state index contributed by atoms with van der Waals surface area (Å²) in [5.41, 5.74) is 19.0. The Hall–Kier alpha value is -10.2. The second kappa shape index (κ2) is 52.5. The summed E-state index contributed by atoms with van der Waals surface area (Å²) in [6, 6.07) is 28.9. The van der Waals surface area contributed by atoms with Crippen LogP contribution in [0.25, 0.3) is 20.9 Å². The van der Waals surface area contributed by atoms with Gasteiger partial charge < -0.3 is 80.8 Å². The lowest BCUT2D eigenvalue weighted by atomic mass is 9.77. The molecule has 37 heteroatoms. The van der Waals surface area contributed by atoms with Crippen LogP contribution in [0.4, 0.5) is 11.6 Å². The maximum Gasteiger partial charge on any atom is 0.303 e. The van der Waals surface area contributed by atoms with Gasteiger partial charge in [0.25, 0.3) is 0 Å². The van der Waals surface area contributed by atoms with Gasteiger partial charge in [-0.2, -0.15) is 0 Å². The fraction of sp³-hybridized carbons (Fsp3) is 0.543. The van der Waals surface area contributed by atoms with Gasteiger partial charge >= 0.3 is 5.97 Å². The Balaban J connectivity index is 0.000000224. The molecule has 0 spiro atoms. The summed E-state index contributed by atoms with van der Waals surface area (Å²) in [6.07, 6.45) is 6.63. The average molecular weight is 2050 g/mol. The van der Waals surface area contributed by atoms with Crippen molar-refractivity contribution in [2.24, 2.45) is 28.4 Å². The SMILES string of the molecule is C[C@@H]1C[C@@H](O)c2ncnc(N3CCN(C(=O)[C@H](CCCCC(=O)O)c4ccc(Cl)cc4)CC3)c21.Cc1ncsc1-c1ccc(CNC(=O)[C@@H]2C[C@@H](O)CN2C(=O)[C@@H](CC(=O)COCCCC(=O)CCCC[C@@H](C(=O)N2CCN(c3ncnc4c3[C@H](C)C[C@H]4O)CC2)c2ccc(Cl)cc2)C(C)(C)C)cc1.Cc1ncsc1-c1ccc(CNC(=O)[C@@H]2C[C@@H](O)CN2C(=O)[C@@H](CC(=O)COCCN)C(C)(C)C)cc1.Cl. The number of amides is 6. The number of aliphatic carboxylic acids is 1. The summed E-state index contributed by atoms with van der Waals surface area (Å²) in [5, 5.41) is 57.7. The number of aryl methyl sites for hydroxylation is 2. The smallest absolute Gasteiger partial charge is 0.303 e. The van der Waals surface area contributed by atoms with E-state index in [1.807, 2.05) is 149 Å². The topological polar surface area (TPSA) is 437 Å². The van der Waals surface area contributed by atoms with E-state index in [0.717, 1.165) is 83.0 Å². The normalized spacial score (nSPS) is 19.7. The maximum atomic E-state index is 14.1. The van der Waals surface area contributed by atoms with E-state index in [0.29, 0.717) is 152 Å². The molecular weight excluding hydrogens is 1910 g/mol. The Kier molecular flexibility index (Phi) is 41.5. The minimum Gasteiger partial charge on any atom is -0.481 e. The molecule has 4 aromatic carbocycles. The number of aliphatic hydroxyl groups is 4. The molecule has 4 aliphatic heterocycles. The van der Waals surface area contributed by atoms with Crippen molar-refractivity contribution in [3.8, 4) is 20.9 Å². The number of hydrogen-bond acceptors (Lipinski definition) is 27. The number of fused-ring (bicyclic) bond motifs is 2. The largest absolute Gasteiger partial charge is 0.481 e. The zero-order valence-corrected chi connectivity index (χ0v) is 86.8. The third kappa shape index (κ3) is 30.2. The zero-order valence-electron chi connectivity index (χ0n) is 82.9. The Bertz CT molecular complexity index is 5580. The minimum atomic E-state index is -0.867. The Morgan fingerprint density at radius 2 is 0.859 bits per heavy atom. The number of thiazole rings is 2. The highest BCUT2D eigenvalue weighted by molar-refractivity contribution is 7.13. The molecule has 8 heterocycles. The van der Waals surface area contributed by atoms with E-state index >= 15 is 0 Å². The molecule has 2 aliphatic carbocycles. The van der Waals surface area contributed by atoms with Crippen LogP contribution in [0.3, 0.4) is 0 Å². The summed E-state index contributed by atoms with van der Waals surface area (Å²) in [7, 11) is 0. The lowest BCUT2D eigenvalue weighted by Crippen LogP contribution is -2.50. The molecule has 0 unspecified atom stereocenters. The molecule has 768 valence electrons. The number of nitrogens with one attached hydrogen (secondary N) is 2. The van der Waals surface area contributed by atoms with E-state index in [2.05, 4.69) is 64.2 Å². The molecule has 12 atom stereocenters. The van der Waals surface area contributed by atoms with Crippen molar-refractivity contribution < 1.29 is 83.0 Å². The molecule has 8 aromatic rings. The van der Waals surface area contributed by atoms with Crippen molar-refractivity contribution in [1.29, 1.82) is 0 Å². The first-order valence-electron chi connectivity index (χ1n) is 49.1. The first kappa shape index (κ1) is 112. The van der Waals surface area contributed by atoms with E-state index in [-0.39, 0.29) is 167 Å².